The maximum absolute atomic E-state index is 12.3. The second-order valence-corrected chi connectivity index (χ2v) is 6.27. The van der Waals surface area contributed by atoms with Crippen LogP contribution in [-0.4, -0.2) is 55.7 Å². The van der Waals surface area contributed by atoms with Crippen molar-refractivity contribution in [1.29, 1.82) is 0 Å². The first-order valence-electron chi connectivity index (χ1n) is 8.96. The summed E-state index contributed by atoms with van der Waals surface area (Å²) >= 11 is 0. The first kappa shape index (κ1) is 19.8. The van der Waals surface area contributed by atoms with Gasteiger partial charge >= 0.3 is 12.1 Å². The van der Waals surface area contributed by atoms with Crippen molar-refractivity contribution < 1.29 is 23.9 Å². The summed E-state index contributed by atoms with van der Waals surface area (Å²) in [7, 11) is 1.31. The summed E-state index contributed by atoms with van der Waals surface area (Å²) in [6.07, 6.45) is 2.96. The minimum Gasteiger partial charge on any atom is -0.465 e. The molecule has 1 fully saturated rings. The first-order chi connectivity index (χ1) is 12.5. The third-order valence-corrected chi connectivity index (χ3v) is 4.38. The van der Waals surface area contributed by atoms with Gasteiger partial charge in [-0.2, -0.15) is 0 Å². The highest BCUT2D eigenvalue weighted by Crippen LogP contribution is 2.13. The average molecular weight is 362 g/mol. The Hall–Kier alpha value is -2.57. The lowest BCUT2D eigenvalue weighted by Gasteiger charge is -2.31. The third kappa shape index (κ3) is 5.47. The SMILES string of the molecule is CCCCOC(=O)N1CCC(NC(=O)c2ccc(C(=O)OC)cc2)CC1. The molecule has 26 heavy (non-hydrogen) atoms. The van der Waals surface area contributed by atoms with E-state index in [-0.39, 0.29) is 18.0 Å². The second kappa shape index (κ2) is 9.79. The number of unbranched alkanes of at least 4 members (excludes halogenated alkanes) is 1. The van der Waals surface area contributed by atoms with Gasteiger partial charge in [-0.05, 0) is 43.5 Å². The van der Waals surface area contributed by atoms with Gasteiger partial charge in [0.05, 0.1) is 19.3 Å². The van der Waals surface area contributed by atoms with E-state index in [0.29, 0.717) is 43.7 Å². The number of nitrogens with one attached hydrogen (secondary N) is 1. The van der Waals surface area contributed by atoms with Crippen LogP contribution in [0.1, 0.15) is 53.3 Å². The van der Waals surface area contributed by atoms with Gasteiger partial charge in [-0.3, -0.25) is 4.79 Å². The Bertz CT molecular complexity index is 621. The van der Waals surface area contributed by atoms with Gasteiger partial charge in [0.15, 0.2) is 0 Å². The van der Waals surface area contributed by atoms with Crippen molar-refractivity contribution in [1.82, 2.24) is 10.2 Å². The topological polar surface area (TPSA) is 84.9 Å². The molecule has 2 amide bonds. The predicted octanol–water partition coefficient (Wildman–Crippen LogP) is 2.60. The fourth-order valence-corrected chi connectivity index (χ4v) is 2.75. The Morgan fingerprint density at radius 3 is 2.31 bits per heavy atom. The smallest absolute Gasteiger partial charge is 0.409 e. The number of esters is 1. The molecule has 0 aliphatic carbocycles. The van der Waals surface area contributed by atoms with Gasteiger partial charge in [-0.25, -0.2) is 9.59 Å². The van der Waals surface area contributed by atoms with Gasteiger partial charge in [0.2, 0.25) is 0 Å². The molecule has 0 bridgehead atoms. The van der Waals surface area contributed by atoms with E-state index in [0.717, 1.165) is 12.8 Å². The number of likely N-dealkylation sites (tertiary alicyclic amines) is 1. The van der Waals surface area contributed by atoms with Crippen molar-refractivity contribution in [3.63, 3.8) is 0 Å². The number of carbonyl (C=O) groups excluding carboxylic acids is 3. The van der Waals surface area contributed by atoms with E-state index < -0.39 is 5.97 Å². The van der Waals surface area contributed by atoms with Crippen LogP contribution in [0.15, 0.2) is 24.3 Å². The largest absolute Gasteiger partial charge is 0.465 e. The summed E-state index contributed by atoms with van der Waals surface area (Å²) in [5.74, 6) is -0.624. The molecule has 0 spiro atoms. The van der Waals surface area contributed by atoms with Gasteiger partial charge in [-0.1, -0.05) is 13.3 Å². The molecule has 2 rings (SSSR count). The molecular formula is C19H26N2O5. The van der Waals surface area contributed by atoms with Crippen LogP contribution in [0.3, 0.4) is 0 Å². The molecule has 1 aliphatic heterocycles. The normalized spacial score (nSPS) is 14.6. The standard InChI is InChI=1S/C19H26N2O5/c1-3-4-13-26-19(24)21-11-9-16(10-12-21)20-17(22)14-5-7-15(8-6-14)18(23)25-2/h5-8,16H,3-4,9-13H2,1-2H3,(H,20,22). The van der Waals surface area contributed by atoms with Crippen LogP contribution in [0, 0.1) is 0 Å². The predicted molar refractivity (Wildman–Crippen MR) is 96.1 cm³/mol. The summed E-state index contributed by atoms with van der Waals surface area (Å²) in [5, 5.41) is 2.98. The molecule has 1 aromatic rings. The van der Waals surface area contributed by atoms with Crippen molar-refractivity contribution in [3.8, 4) is 0 Å². The highest BCUT2D eigenvalue weighted by atomic mass is 16.6. The number of nitrogens with zero attached hydrogens (tertiary/aromatic N) is 1. The fourth-order valence-electron chi connectivity index (χ4n) is 2.75. The van der Waals surface area contributed by atoms with Crippen LogP contribution in [0.5, 0.6) is 0 Å². The monoisotopic (exact) mass is 362 g/mol. The molecule has 7 nitrogen and oxygen atoms in total. The second-order valence-electron chi connectivity index (χ2n) is 6.27. The molecule has 142 valence electrons. The lowest BCUT2D eigenvalue weighted by molar-refractivity contribution is 0.0600. The number of carbonyl (C=O) groups is 3. The van der Waals surface area contributed by atoms with Crippen molar-refractivity contribution in [2.75, 3.05) is 26.8 Å². The minimum absolute atomic E-state index is 0.0162. The summed E-state index contributed by atoms with van der Waals surface area (Å²) in [5.41, 5.74) is 0.887. The van der Waals surface area contributed by atoms with Crippen LogP contribution >= 0.6 is 0 Å². The summed E-state index contributed by atoms with van der Waals surface area (Å²) in [6, 6.07) is 6.34. The molecule has 1 heterocycles. The number of benzene rings is 1. The molecule has 0 saturated carbocycles. The number of amides is 2. The Kier molecular flexibility index (Phi) is 7.44. The van der Waals surface area contributed by atoms with E-state index in [1.165, 1.54) is 7.11 Å². The molecule has 1 aromatic carbocycles. The van der Waals surface area contributed by atoms with Crippen LogP contribution in [0.2, 0.25) is 0 Å². The van der Waals surface area contributed by atoms with Crippen LogP contribution in [0.4, 0.5) is 4.79 Å². The number of piperidine rings is 1. The quantitative estimate of drug-likeness (QED) is 0.621. The molecule has 0 radical (unpaired) electrons. The first-order valence-corrected chi connectivity index (χ1v) is 8.96. The highest BCUT2D eigenvalue weighted by Gasteiger charge is 2.25. The number of hydrogen-bond acceptors (Lipinski definition) is 5. The number of hydrogen-bond donors (Lipinski definition) is 1. The lowest BCUT2D eigenvalue weighted by atomic mass is 10.0. The van der Waals surface area contributed by atoms with E-state index in [9.17, 15) is 14.4 Å². The molecule has 1 aliphatic rings. The fraction of sp³-hybridized carbons (Fsp3) is 0.526. The van der Waals surface area contributed by atoms with Crippen molar-refractivity contribution >= 4 is 18.0 Å². The zero-order valence-electron chi connectivity index (χ0n) is 15.3. The van der Waals surface area contributed by atoms with E-state index in [1.54, 1.807) is 29.2 Å². The zero-order chi connectivity index (χ0) is 18.9. The minimum atomic E-state index is -0.435. The van der Waals surface area contributed by atoms with E-state index >= 15 is 0 Å². The number of rotatable bonds is 6. The number of methoxy groups -OCH3 is 1. The molecule has 0 aromatic heterocycles. The Morgan fingerprint density at radius 1 is 1.12 bits per heavy atom. The molecule has 0 unspecified atom stereocenters. The molecule has 1 N–H and O–H groups in total. The van der Waals surface area contributed by atoms with Crippen LogP contribution in [-0.2, 0) is 9.47 Å². The van der Waals surface area contributed by atoms with E-state index in [4.69, 9.17) is 4.74 Å². The van der Waals surface area contributed by atoms with Gasteiger partial charge in [-0.15, -0.1) is 0 Å². The van der Waals surface area contributed by atoms with E-state index in [2.05, 4.69) is 10.1 Å². The molecular weight excluding hydrogens is 336 g/mol. The maximum atomic E-state index is 12.3. The van der Waals surface area contributed by atoms with Crippen molar-refractivity contribution in [3.05, 3.63) is 35.4 Å². The molecule has 0 atom stereocenters. The van der Waals surface area contributed by atoms with Crippen molar-refractivity contribution in [2.24, 2.45) is 0 Å². The van der Waals surface area contributed by atoms with Gasteiger partial charge < -0.3 is 19.7 Å². The van der Waals surface area contributed by atoms with Crippen LogP contribution in [0.25, 0.3) is 0 Å². The average Bonchev–Trinajstić information content (AvgIpc) is 2.68. The Labute approximate surface area is 153 Å². The number of ether oxygens (including phenoxy) is 2. The highest BCUT2D eigenvalue weighted by molar-refractivity contribution is 5.96. The zero-order valence-corrected chi connectivity index (χ0v) is 15.3. The van der Waals surface area contributed by atoms with Gasteiger partial charge in [0.1, 0.15) is 0 Å². The Morgan fingerprint density at radius 2 is 1.73 bits per heavy atom. The summed E-state index contributed by atoms with van der Waals surface area (Å²) in [4.78, 5) is 37.3. The van der Waals surface area contributed by atoms with Crippen LogP contribution < -0.4 is 5.32 Å². The molecule has 7 heteroatoms. The third-order valence-electron chi connectivity index (χ3n) is 4.38. The lowest BCUT2D eigenvalue weighted by Crippen LogP contribution is -2.46. The van der Waals surface area contributed by atoms with E-state index in [1.807, 2.05) is 6.92 Å². The van der Waals surface area contributed by atoms with Gasteiger partial charge in [0, 0.05) is 24.7 Å². The summed E-state index contributed by atoms with van der Waals surface area (Å²) < 4.78 is 9.85. The van der Waals surface area contributed by atoms with Crippen molar-refractivity contribution in [2.45, 2.75) is 38.6 Å². The maximum Gasteiger partial charge on any atom is 0.409 e. The molecule has 1 saturated heterocycles. The van der Waals surface area contributed by atoms with Gasteiger partial charge in [0.25, 0.3) is 5.91 Å². The summed E-state index contributed by atoms with van der Waals surface area (Å²) in [6.45, 7) is 3.63. The Balaban J connectivity index is 1.79.